The van der Waals surface area contributed by atoms with Crippen molar-refractivity contribution in [1.29, 1.82) is 0 Å². The van der Waals surface area contributed by atoms with E-state index in [-0.39, 0.29) is 11.8 Å². The fraction of sp³-hybridized carbons (Fsp3) is 0.308. The molecule has 1 aromatic heterocycles. The average molecular weight is 417 g/mol. The van der Waals surface area contributed by atoms with Gasteiger partial charge in [-0.2, -0.15) is 0 Å². The van der Waals surface area contributed by atoms with Crippen molar-refractivity contribution in [2.45, 2.75) is 6.04 Å². The number of Topliss-reactive ketones (excluding diaryl/α,β-unsaturated/α-hetero) is 1. The molecule has 31 heavy (non-hydrogen) atoms. The van der Waals surface area contributed by atoms with Crippen LogP contribution in [0, 0.1) is 0 Å². The Labute approximate surface area is 184 Å². The van der Waals surface area contributed by atoms with Gasteiger partial charge in [-0.05, 0) is 6.07 Å². The molecule has 2 unspecified atom stereocenters. The van der Waals surface area contributed by atoms with Crippen molar-refractivity contribution in [1.82, 2.24) is 14.4 Å². The minimum atomic E-state index is -0.389. The lowest BCUT2D eigenvalue weighted by molar-refractivity contribution is 0.0324. The smallest absolute Gasteiger partial charge is 0.228 e. The van der Waals surface area contributed by atoms with Crippen LogP contribution in [0.5, 0.6) is 0 Å². The number of hydrogen-bond donors (Lipinski definition) is 0. The topological polar surface area (TPSA) is 42.4 Å². The number of hydrogen-bond acceptors (Lipinski definition) is 4. The number of benzene rings is 2. The molecule has 4 rings (SSSR count). The lowest BCUT2D eigenvalue weighted by atomic mass is 9.93. The van der Waals surface area contributed by atoms with E-state index < -0.39 is 0 Å². The number of likely N-dealkylation sites (N-methyl/N-ethyl adjacent to an activating group) is 1. The van der Waals surface area contributed by atoms with Crippen LogP contribution < -0.4 is 4.48 Å². The molecule has 160 valence electrons. The maximum Gasteiger partial charge on any atom is 0.228 e. The largest absolute Gasteiger partial charge is 0.379 e. The van der Waals surface area contributed by atoms with Crippen LogP contribution in [-0.2, 0) is 4.74 Å². The summed E-state index contributed by atoms with van der Waals surface area (Å²) in [5.41, 5.74) is 1.73. The summed E-state index contributed by atoms with van der Waals surface area (Å²) in [6, 6.07) is 25.3. The number of morpholine rings is 1. The van der Waals surface area contributed by atoms with Gasteiger partial charge in [0.1, 0.15) is 0 Å². The lowest BCUT2D eigenvalue weighted by Gasteiger charge is -2.41. The van der Waals surface area contributed by atoms with Gasteiger partial charge >= 0.3 is 0 Å². The first-order valence-electron chi connectivity index (χ1n) is 10.9. The molecule has 1 saturated heterocycles. The summed E-state index contributed by atoms with van der Waals surface area (Å²) < 4.78 is 5.93. The van der Waals surface area contributed by atoms with Gasteiger partial charge in [-0.1, -0.05) is 66.7 Å². The van der Waals surface area contributed by atoms with E-state index in [2.05, 4.69) is 24.1 Å². The molecule has 5 nitrogen and oxygen atoms in total. The van der Waals surface area contributed by atoms with Gasteiger partial charge in [0, 0.05) is 43.0 Å². The Morgan fingerprint density at radius 3 is 2.26 bits per heavy atom. The molecule has 2 atom stereocenters. The van der Waals surface area contributed by atoms with Gasteiger partial charge in [0.25, 0.3) is 0 Å². The highest BCUT2D eigenvalue weighted by molar-refractivity contribution is 6.01. The number of quaternary nitrogens is 1. The van der Waals surface area contributed by atoms with Crippen LogP contribution in [0.25, 0.3) is 0 Å². The first-order valence-corrected chi connectivity index (χ1v) is 10.9. The highest BCUT2D eigenvalue weighted by Crippen LogP contribution is 2.35. The lowest BCUT2D eigenvalue weighted by Crippen LogP contribution is -2.56. The third kappa shape index (κ3) is 4.90. The van der Waals surface area contributed by atoms with E-state index in [0.717, 1.165) is 56.3 Å². The van der Waals surface area contributed by atoms with Gasteiger partial charge in [-0.25, -0.2) is 4.98 Å². The third-order valence-electron chi connectivity index (χ3n) is 6.15. The van der Waals surface area contributed by atoms with Crippen LogP contribution >= 0.6 is 0 Å². The predicted molar refractivity (Wildman–Crippen MR) is 124 cm³/mol. The van der Waals surface area contributed by atoms with Gasteiger partial charge in [0.15, 0.2) is 6.04 Å². The Morgan fingerprint density at radius 1 is 0.968 bits per heavy atom. The van der Waals surface area contributed by atoms with E-state index in [1.165, 1.54) is 0 Å². The summed E-state index contributed by atoms with van der Waals surface area (Å²) >= 11 is 0. The van der Waals surface area contributed by atoms with Crippen LogP contribution in [0.3, 0.4) is 0 Å². The molecule has 0 aliphatic carbocycles. The normalized spacial score (nSPS) is 17.6. The molecule has 0 N–H and O–H groups in total. The molecular formula is C26H30N3O2+. The zero-order valence-electron chi connectivity index (χ0n) is 18.1. The Balaban J connectivity index is 1.76. The number of ketones is 1. The molecule has 2 heterocycles. The van der Waals surface area contributed by atoms with Crippen molar-refractivity contribution in [3.05, 3.63) is 96.2 Å². The van der Waals surface area contributed by atoms with Crippen molar-refractivity contribution in [3.8, 4) is 0 Å². The molecule has 0 bridgehead atoms. The number of aromatic nitrogens is 1. The van der Waals surface area contributed by atoms with Crippen molar-refractivity contribution in [2.24, 2.45) is 0 Å². The maximum atomic E-state index is 13.9. The quantitative estimate of drug-likeness (QED) is 0.412. The van der Waals surface area contributed by atoms with Gasteiger partial charge in [0.2, 0.25) is 11.6 Å². The minimum Gasteiger partial charge on any atom is -0.379 e. The Morgan fingerprint density at radius 2 is 1.61 bits per heavy atom. The molecule has 5 heteroatoms. The Kier molecular flexibility index (Phi) is 6.87. The van der Waals surface area contributed by atoms with Crippen molar-refractivity contribution in [3.63, 3.8) is 0 Å². The monoisotopic (exact) mass is 416 g/mol. The van der Waals surface area contributed by atoms with Gasteiger partial charge < -0.3 is 4.74 Å². The standard InChI is InChI=1S/C26H30N3O2/c1-29(24-14-8-9-15-27-24,19-16-28-17-20-31-21-18-28)25(22-10-4-2-5-11-22)26(30)23-12-6-3-7-13-23/h2-15,25H,16-21H2,1H3/q+1. The fourth-order valence-electron chi connectivity index (χ4n) is 4.34. The van der Waals surface area contributed by atoms with E-state index in [1.807, 2.05) is 72.9 Å². The summed E-state index contributed by atoms with van der Waals surface area (Å²) in [4.78, 5) is 21.1. The summed E-state index contributed by atoms with van der Waals surface area (Å²) in [6.07, 6.45) is 1.82. The van der Waals surface area contributed by atoms with E-state index in [4.69, 9.17) is 9.72 Å². The van der Waals surface area contributed by atoms with Gasteiger partial charge in [-0.15, -0.1) is 0 Å². The van der Waals surface area contributed by atoms with Crippen LogP contribution in [-0.4, -0.2) is 62.1 Å². The summed E-state index contributed by atoms with van der Waals surface area (Å²) in [5, 5.41) is 0. The Hall–Kier alpha value is -2.86. The number of ether oxygens (including phenoxy) is 1. The summed E-state index contributed by atoms with van der Waals surface area (Å²) in [5.74, 6) is 1.01. The highest BCUT2D eigenvalue weighted by atomic mass is 16.5. The molecular weight excluding hydrogens is 386 g/mol. The number of nitrogens with zero attached hydrogens (tertiary/aromatic N) is 3. The van der Waals surface area contributed by atoms with Crippen LogP contribution in [0.15, 0.2) is 85.1 Å². The molecule has 0 radical (unpaired) electrons. The number of pyridine rings is 1. The van der Waals surface area contributed by atoms with Crippen LogP contribution in [0.1, 0.15) is 22.0 Å². The number of carbonyl (C=O) groups excluding carboxylic acids is 1. The first kappa shape index (κ1) is 21.4. The van der Waals surface area contributed by atoms with Crippen molar-refractivity contribution >= 4 is 11.6 Å². The van der Waals surface area contributed by atoms with Gasteiger partial charge in [0.05, 0.1) is 26.8 Å². The van der Waals surface area contributed by atoms with E-state index >= 15 is 0 Å². The van der Waals surface area contributed by atoms with Crippen LogP contribution in [0.4, 0.5) is 5.82 Å². The minimum absolute atomic E-state index is 0.113. The summed E-state index contributed by atoms with van der Waals surface area (Å²) in [6.45, 7) is 5.02. The molecule has 0 saturated carbocycles. The highest BCUT2D eigenvalue weighted by Gasteiger charge is 2.43. The van der Waals surface area contributed by atoms with Crippen LogP contribution in [0.2, 0.25) is 0 Å². The second-order valence-corrected chi connectivity index (χ2v) is 8.18. The number of rotatable bonds is 8. The van der Waals surface area contributed by atoms with E-state index in [0.29, 0.717) is 4.48 Å². The van der Waals surface area contributed by atoms with Gasteiger partial charge in [-0.3, -0.25) is 14.2 Å². The molecule has 0 spiro atoms. The average Bonchev–Trinajstić information content (AvgIpc) is 2.85. The van der Waals surface area contributed by atoms with Crippen molar-refractivity contribution < 1.29 is 9.53 Å². The van der Waals surface area contributed by atoms with Crippen molar-refractivity contribution in [2.75, 3.05) is 46.4 Å². The zero-order chi connectivity index (χ0) is 21.5. The van der Waals surface area contributed by atoms with E-state index in [9.17, 15) is 4.79 Å². The fourth-order valence-corrected chi connectivity index (χ4v) is 4.34. The zero-order valence-corrected chi connectivity index (χ0v) is 18.1. The molecule has 1 aliphatic heterocycles. The second kappa shape index (κ2) is 9.96. The predicted octanol–water partition coefficient (Wildman–Crippen LogP) is 3.98. The maximum absolute atomic E-state index is 13.9. The SMILES string of the molecule is C[N+](CCN1CCOCC1)(c1ccccn1)C(C(=O)c1ccccc1)c1ccccc1. The number of carbonyl (C=O) groups is 1. The molecule has 1 fully saturated rings. The second-order valence-electron chi connectivity index (χ2n) is 8.18. The summed E-state index contributed by atoms with van der Waals surface area (Å²) in [7, 11) is 2.14. The van der Waals surface area contributed by atoms with E-state index in [1.54, 1.807) is 0 Å². The molecule has 3 aromatic rings. The molecule has 2 aromatic carbocycles. The molecule has 0 amide bonds. The molecule has 1 aliphatic rings. The first-order chi connectivity index (χ1) is 15.2. The Bertz CT molecular complexity index is 960. The third-order valence-corrected chi connectivity index (χ3v) is 6.15.